The van der Waals surface area contributed by atoms with Crippen molar-refractivity contribution >= 4 is 23.5 Å². The van der Waals surface area contributed by atoms with Crippen molar-refractivity contribution in [3.05, 3.63) is 34.9 Å². The van der Waals surface area contributed by atoms with Crippen LogP contribution in [0.15, 0.2) is 24.3 Å². The molecule has 1 aliphatic heterocycles. The maximum atomic E-state index is 13.4. The Morgan fingerprint density at radius 1 is 1.19 bits per heavy atom. The van der Waals surface area contributed by atoms with E-state index in [-0.39, 0.29) is 23.9 Å². The maximum Gasteiger partial charge on any atom is 0.317 e. The van der Waals surface area contributed by atoms with E-state index in [9.17, 15) is 14.7 Å². The smallest absolute Gasteiger partial charge is 0.317 e. The molecular formula is C29H47ClN4O3. The zero-order valence-corrected chi connectivity index (χ0v) is 23.5. The zero-order chi connectivity index (χ0) is 26.7. The summed E-state index contributed by atoms with van der Waals surface area (Å²) >= 11 is 6.31. The first kappa shape index (κ1) is 29.7. The van der Waals surface area contributed by atoms with Crippen LogP contribution in [0, 0.1) is 11.8 Å². The van der Waals surface area contributed by atoms with E-state index in [1.165, 1.54) is 32.1 Å². The first-order valence-electron chi connectivity index (χ1n) is 14.3. The molecule has 3 amide bonds. The van der Waals surface area contributed by atoms with Crippen LogP contribution in [0.3, 0.4) is 0 Å². The van der Waals surface area contributed by atoms with Gasteiger partial charge in [0.15, 0.2) is 0 Å². The minimum Gasteiger partial charge on any atom is -0.385 e. The van der Waals surface area contributed by atoms with Crippen LogP contribution < -0.4 is 16.0 Å². The van der Waals surface area contributed by atoms with Gasteiger partial charge in [0.1, 0.15) is 0 Å². The van der Waals surface area contributed by atoms with Crippen LogP contribution in [-0.4, -0.2) is 61.2 Å². The average molecular weight is 535 g/mol. The van der Waals surface area contributed by atoms with Gasteiger partial charge in [0.25, 0.3) is 0 Å². The van der Waals surface area contributed by atoms with Crippen molar-refractivity contribution in [2.45, 2.75) is 89.2 Å². The second-order valence-corrected chi connectivity index (χ2v) is 11.4. The highest BCUT2D eigenvalue weighted by Crippen LogP contribution is 2.40. The van der Waals surface area contributed by atoms with E-state index in [2.05, 4.69) is 16.0 Å². The summed E-state index contributed by atoms with van der Waals surface area (Å²) in [5.74, 6) is 0.576. The summed E-state index contributed by atoms with van der Waals surface area (Å²) in [6.45, 7) is 4.28. The number of hydrogen-bond donors (Lipinski definition) is 4. The van der Waals surface area contributed by atoms with E-state index in [4.69, 9.17) is 11.6 Å². The molecule has 0 radical (unpaired) electrons. The van der Waals surface area contributed by atoms with E-state index in [1.807, 2.05) is 43.1 Å². The molecule has 8 heteroatoms. The number of urea groups is 1. The van der Waals surface area contributed by atoms with E-state index in [1.54, 1.807) is 0 Å². The molecule has 1 saturated heterocycles. The predicted octanol–water partition coefficient (Wildman–Crippen LogP) is 4.81. The third kappa shape index (κ3) is 8.86. The Bertz CT molecular complexity index is 863. The molecule has 0 spiro atoms. The predicted molar refractivity (Wildman–Crippen MR) is 150 cm³/mol. The lowest BCUT2D eigenvalue weighted by molar-refractivity contribution is -0.120. The van der Waals surface area contributed by atoms with Crippen molar-refractivity contribution in [1.29, 1.82) is 0 Å². The van der Waals surface area contributed by atoms with Crippen LogP contribution in [-0.2, 0) is 10.4 Å². The van der Waals surface area contributed by atoms with E-state index < -0.39 is 5.60 Å². The van der Waals surface area contributed by atoms with E-state index in [0.717, 1.165) is 31.4 Å². The Hall–Kier alpha value is -1.83. The fourth-order valence-corrected chi connectivity index (χ4v) is 6.33. The molecule has 1 saturated carbocycles. The van der Waals surface area contributed by atoms with Gasteiger partial charge in [-0.3, -0.25) is 4.79 Å². The number of carbonyl (C=O) groups is 2. The van der Waals surface area contributed by atoms with Crippen molar-refractivity contribution in [2.75, 3.05) is 33.2 Å². The summed E-state index contributed by atoms with van der Waals surface area (Å²) in [6, 6.07) is 7.49. The highest BCUT2D eigenvalue weighted by atomic mass is 35.5. The number of carbonyl (C=O) groups excluding carboxylic acids is 2. The second-order valence-electron chi connectivity index (χ2n) is 11.0. The van der Waals surface area contributed by atoms with E-state index in [0.29, 0.717) is 49.8 Å². The zero-order valence-electron chi connectivity index (χ0n) is 22.7. The molecule has 0 unspecified atom stereocenters. The number of piperidine rings is 1. The molecule has 1 heterocycles. The van der Waals surface area contributed by atoms with Crippen LogP contribution in [0.4, 0.5) is 4.79 Å². The van der Waals surface area contributed by atoms with Gasteiger partial charge in [0.2, 0.25) is 5.91 Å². The molecule has 3 rings (SSSR count). The number of halogens is 1. The van der Waals surface area contributed by atoms with Gasteiger partial charge in [0, 0.05) is 49.6 Å². The van der Waals surface area contributed by atoms with Crippen molar-refractivity contribution in [3.8, 4) is 0 Å². The lowest BCUT2D eigenvalue weighted by Crippen LogP contribution is -2.54. The number of rotatable bonds is 12. The molecule has 2 aliphatic rings. The van der Waals surface area contributed by atoms with Crippen molar-refractivity contribution in [2.24, 2.45) is 11.8 Å². The number of aliphatic hydroxyl groups is 1. The largest absolute Gasteiger partial charge is 0.385 e. The lowest BCUT2D eigenvalue weighted by atomic mass is 9.74. The van der Waals surface area contributed by atoms with Crippen molar-refractivity contribution < 1.29 is 14.7 Å². The lowest BCUT2D eigenvalue weighted by Gasteiger charge is -2.43. The molecule has 1 aromatic carbocycles. The Kier molecular flexibility index (Phi) is 12.0. The minimum atomic E-state index is -1.13. The Balaban J connectivity index is 1.68. The van der Waals surface area contributed by atoms with Crippen LogP contribution in [0.25, 0.3) is 0 Å². The topological polar surface area (TPSA) is 93.7 Å². The number of hydrogen-bond acceptors (Lipinski definition) is 4. The maximum absolute atomic E-state index is 13.4. The molecule has 7 nitrogen and oxygen atoms in total. The molecule has 1 aliphatic carbocycles. The fraction of sp³-hybridized carbons (Fsp3) is 0.724. The van der Waals surface area contributed by atoms with E-state index >= 15 is 0 Å². The van der Waals surface area contributed by atoms with Gasteiger partial charge in [-0.05, 0) is 62.8 Å². The molecular weight excluding hydrogens is 488 g/mol. The van der Waals surface area contributed by atoms with Crippen LogP contribution in [0.1, 0.15) is 83.1 Å². The molecule has 4 N–H and O–H groups in total. The number of nitrogens with one attached hydrogen (secondary N) is 3. The van der Waals surface area contributed by atoms with Gasteiger partial charge in [-0.2, -0.15) is 0 Å². The monoisotopic (exact) mass is 534 g/mol. The van der Waals surface area contributed by atoms with Crippen LogP contribution >= 0.6 is 11.6 Å². The Labute approximate surface area is 228 Å². The number of benzene rings is 1. The summed E-state index contributed by atoms with van der Waals surface area (Å²) < 4.78 is 0. The third-order valence-electron chi connectivity index (χ3n) is 8.21. The molecule has 37 heavy (non-hydrogen) atoms. The summed E-state index contributed by atoms with van der Waals surface area (Å²) in [7, 11) is 1.94. The first-order valence-corrected chi connectivity index (χ1v) is 14.7. The first-order chi connectivity index (χ1) is 17.9. The number of likely N-dealkylation sites (N-methyl/N-ethyl adjacent to an activating group) is 1. The SMILES string of the molecule is CCC(=O)NCCC[C@@](O)(c1cccc(Cl)c1)[C@@H]1CCCN(C(=O)N[C@H](CNC)CC2CCCCC2)C1. The highest BCUT2D eigenvalue weighted by Gasteiger charge is 2.41. The number of likely N-dealkylation sites (tertiary alicyclic amines) is 1. The van der Waals surface area contributed by atoms with Crippen LogP contribution in [0.2, 0.25) is 5.02 Å². The minimum absolute atomic E-state index is 0.0103. The molecule has 0 aromatic heterocycles. The summed E-state index contributed by atoms with van der Waals surface area (Å²) in [6.07, 6.45) is 10.7. The van der Waals surface area contributed by atoms with Gasteiger partial charge in [0.05, 0.1) is 5.60 Å². The average Bonchev–Trinajstić information content (AvgIpc) is 2.91. The molecule has 0 bridgehead atoms. The third-order valence-corrected chi connectivity index (χ3v) is 8.44. The van der Waals surface area contributed by atoms with Gasteiger partial charge in [-0.15, -0.1) is 0 Å². The summed E-state index contributed by atoms with van der Waals surface area (Å²) in [5.41, 5.74) is -0.354. The van der Waals surface area contributed by atoms with Gasteiger partial charge >= 0.3 is 6.03 Å². The van der Waals surface area contributed by atoms with Gasteiger partial charge in [-0.1, -0.05) is 62.8 Å². The van der Waals surface area contributed by atoms with Gasteiger partial charge in [-0.25, -0.2) is 4.79 Å². The quantitative estimate of drug-likeness (QED) is 0.289. The second kappa shape index (κ2) is 14.9. The van der Waals surface area contributed by atoms with Gasteiger partial charge < -0.3 is 26.0 Å². The molecule has 3 atom stereocenters. The molecule has 1 aromatic rings. The molecule has 2 fully saturated rings. The normalized spacial score (nSPS) is 21.2. The molecule has 208 valence electrons. The summed E-state index contributed by atoms with van der Waals surface area (Å²) in [4.78, 5) is 27.0. The standard InChI is InChI=1S/C29H47ClN4O3/c1-3-27(35)32-16-9-15-29(37,23-12-7-14-25(30)19-23)24-13-8-17-34(21-24)28(36)33-26(20-31-2)18-22-10-5-4-6-11-22/h7,12,14,19,22,24,26,31,37H,3-6,8-11,13,15-18,20-21H2,1-2H3,(H,32,35)(H,33,36)/t24-,26+,29-/m1/s1. The number of amides is 3. The Morgan fingerprint density at radius 2 is 1.97 bits per heavy atom. The van der Waals surface area contributed by atoms with Crippen LogP contribution in [0.5, 0.6) is 0 Å². The highest BCUT2D eigenvalue weighted by molar-refractivity contribution is 6.30. The van der Waals surface area contributed by atoms with Crippen molar-refractivity contribution in [1.82, 2.24) is 20.9 Å². The Morgan fingerprint density at radius 3 is 2.68 bits per heavy atom. The number of nitrogens with zero attached hydrogens (tertiary/aromatic N) is 1. The summed E-state index contributed by atoms with van der Waals surface area (Å²) in [5, 5.41) is 22.1. The fourth-order valence-electron chi connectivity index (χ4n) is 6.13. The van der Waals surface area contributed by atoms with Crippen molar-refractivity contribution in [3.63, 3.8) is 0 Å².